The second-order valence-corrected chi connectivity index (χ2v) is 5.49. The molecule has 0 radical (unpaired) electrons. The molecule has 0 saturated carbocycles. The Bertz CT molecular complexity index is 661. The first-order chi connectivity index (χ1) is 9.85. The van der Waals surface area contributed by atoms with Gasteiger partial charge in [-0.3, -0.25) is 4.98 Å². The second kappa shape index (κ2) is 5.98. The van der Waals surface area contributed by atoms with Crippen LogP contribution in [-0.4, -0.2) is 17.0 Å². The number of pyridine rings is 1. The Morgan fingerprint density at radius 2 is 2.10 bits per heavy atom. The van der Waals surface area contributed by atoms with Crippen LogP contribution in [-0.2, 0) is 13.2 Å². The third-order valence-electron chi connectivity index (χ3n) is 2.86. The SMILES string of the molecule is CNCc1ccc(OCc2nc3ccccc3s2)cn1. The van der Waals surface area contributed by atoms with Crippen molar-refractivity contribution in [1.82, 2.24) is 15.3 Å². The average molecular weight is 285 g/mol. The van der Waals surface area contributed by atoms with Crippen LogP contribution in [0, 0.1) is 0 Å². The van der Waals surface area contributed by atoms with Gasteiger partial charge in [-0.15, -0.1) is 11.3 Å². The number of nitrogens with zero attached hydrogens (tertiary/aromatic N) is 2. The molecule has 0 atom stereocenters. The number of rotatable bonds is 5. The van der Waals surface area contributed by atoms with Gasteiger partial charge in [-0.05, 0) is 31.3 Å². The van der Waals surface area contributed by atoms with E-state index in [4.69, 9.17) is 4.74 Å². The number of fused-ring (bicyclic) bond motifs is 1. The van der Waals surface area contributed by atoms with Gasteiger partial charge in [0.05, 0.1) is 22.1 Å². The molecule has 3 rings (SSSR count). The average Bonchev–Trinajstić information content (AvgIpc) is 2.90. The fourth-order valence-corrected chi connectivity index (χ4v) is 2.79. The van der Waals surface area contributed by atoms with Gasteiger partial charge >= 0.3 is 0 Å². The van der Waals surface area contributed by atoms with E-state index < -0.39 is 0 Å². The number of hydrogen-bond donors (Lipinski definition) is 1. The maximum Gasteiger partial charge on any atom is 0.140 e. The monoisotopic (exact) mass is 285 g/mol. The zero-order valence-electron chi connectivity index (χ0n) is 11.2. The molecule has 102 valence electrons. The summed E-state index contributed by atoms with van der Waals surface area (Å²) in [6, 6.07) is 12.0. The van der Waals surface area contributed by atoms with E-state index in [0.29, 0.717) is 6.61 Å². The summed E-state index contributed by atoms with van der Waals surface area (Å²) in [7, 11) is 1.90. The molecular weight excluding hydrogens is 270 g/mol. The summed E-state index contributed by atoms with van der Waals surface area (Å²) in [6.07, 6.45) is 1.75. The van der Waals surface area contributed by atoms with Gasteiger partial charge < -0.3 is 10.1 Å². The molecule has 1 aromatic carbocycles. The molecule has 2 aromatic heterocycles. The van der Waals surface area contributed by atoms with Crippen LogP contribution < -0.4 is 10.1 Å². The van der Waals surface area contributed by atoms with Crippen LogP contribution in [0.3, 0.4) is 0 Å². The van der Waals surface area contributed by atoms with E-state index in [1.807, 2.05) is 37.4 Å². The number of hydrogen-bond acceptors (Lipinski definition) is 5. The quantitative estimate of drug-likeness (QED) is 0.783. The lowest BCUT2D eigenvalue weighted by molar-refractivity contribution is 0.304. The minimum Gasteiger partial charge on any atom is -0.485 e. The summed E-state index contributed by atoms with van der Waals surface area (Å²) < 4.78 is 6.91. The summed E-state index contributed by atoms with van der Waals surface area (Å²) >= 11 is 1.66. The van der Waals surface area contributed by atoms with Crippen LogP contribution in [0.5, 0.6) is 5.75 Å². The van der Waals surface area contributed by atoms with Gasteiger partial charge in [0, 0.05) is 6.54 Å². The largest absolute Gasteiger partial charge is 0.485 e. The molecule has 5 heteroatoms. The predicted octanol–water partition coefficient (Wildman–Crippen LogP) is 2.99. The van der Waals surface area contributed by atoms with E-state index in [1.165, 1.54) is 4.70 Å². The topological polar surface area (TPSA) is 47.0 Å². The lowest BCUT2D eigenvalue weighted by Gasteiger charge is -2.04. The molecule has 0 aliphatic carbocycles. The fourth-order valence-electron chi connectivity index (χ4n) is 1.91. The molecule has 1 N–H and O–H groups in total. The normalized spacial score (nSPS) is 10.8. The number of para-hydroxylation sites is 1. The molecule has 20 heavy (non-hydrogen) atoms. The molecule has 0 bridgehead atoms. The van der Waals surface area contributed by atoms with Crippen molar-refractivity contribution in [3.05, 3.63) is 53.3 Å². The number of nitrogens with one attached hydrogen (secondary N) is 1. The Balaban J connectivity index is 1.66. The first-order valence-electron chi connectivity index (χ1n) is 6.42. The molecule has 4 nitrogen and oxygen atoms in total. The van der Waals surface area contributed by atoms with E-state index in [-0.39, 0.29) is 0 Å². The fraction of sp³-hybridized carbons (Fsp3) is 0.200. The van der Waals surface area contributed by atoms with E-state index in [1.54, 1.807) is 17.5 Å². The summed E-state index contributed by atoms with van der Waals surface area (Å²) in [4.78, 5) is 8.86. The van der Waals surface area contributed by atoms with Gasteiger partial charge in [-0.2, -0.15) is 0 Å². The Morgan fingerprint density at radius 1 is 1.20 bits per heavy atom. The minimum absolute atomic E-state index is 0.479. The molecule has 0 aliphatic heterocycles. The highest BCUT2D eigenvalue weighted by Crippen LogP contribution is 2.22. The van der Waals surface area contributed by atoms with E-state index in [2.05, 4.69) is 21.4 Å². The first-order valence-corrected chi connectivity index (χ1v) is 7.23. The zero-order chi connectivity index (χ0) is 13.8. The Labute approximate surface area is 121 Å². The smallest absolute Gasteiger partial charge is 0.140 e. The first kappa shape index (κ1) is 13.0. The number of benzene rings is 1. The van der Waals surface area contributed by atoms with Crippen LogP contribution in [0.15, 0.2) is 42.6 Å². The minimum atomic E-state index is 0.479. The standard InChI is InChI=1S/C15H15N3OS/c1-16-8-11-6-7-12(9-17-11)19-10-15-18-13-4-2-3-5-14(13)20-15/h2-7,9,16H,8,10H2,1H3. The highest BCUT2D eigenvalue weighted by atomic mass is 32.1. The molecule has 0 amide bonds. The van der Waals surface area contributed by atoms with Crippen LogP contribution in [0.2, 0.25) is 0 Å². The second-order valence-electron chi connectivity index (χ2n) is 4.38. The Kier molecular flexibility index (Phi) is 3.90. The molecule has 0 saturated heterocycles. The summed E-state index contributed by atoms with van der Waals surface area (Å²) in [5.74, 6) is 0.768. The molecule has 3 aromatic rings. The number of ether oxygens (including phenoxy) is 1. The molecule has 0 unspecified atom stereocenters. The predicted molar refractivity (Wildman–Crippen MR) is 81.0 cm³/mol. The lowest BCUT2D eigenvalue weighted by atomic mass is 10.3. The van der Waals surface area contributed by atoms with Gasteiger partial charge in [0.1, 0.15) is 17.4 Å². The van der Waals surface area contributed by atoms with E-state index >= 15 is 0 Å². The van der Waals surface area contributed by atoms with Crippen LogP contribution >= 0.6 is 11.3 Å². The van der Waals surface area contributed by atoms with Gasteiger partial charge in [-0.1, -0.05) is 12.1 Å². The van der Waals surface area contributed by atoms with Crippen LogP contribution in [0.4, 0.5) is 0 Å². The molecule has 0 aliphatic rings. The maximum atomic E-state index is 5.72. The number of thiazole rings is 1. The van der Waals surface area contributed by atoms with Crippen LogP contribution in [0.25, 0.3) is 10.2 Å². The van der Waals surface area contributed by atoms with Gasteiger partial charge in [0.15, 0.2) is 0 Å². The van der Waals surface area contributed by atoms with E-state index in [0.717, 1.165) is 28.5 Å². The molecule has 2 heterocycles. The van der Waals surface area contributed by atoms with Gasteiger partial charge in [-0.25, -0.2) is 4.98 Å². The van der Waals surface area contributed by atoms with Crippen molar-refractivity contribution in [3.63, 3.8) is 0 Å². The number of aromatic nitrogens is 2. The molecule has 0 spiro atoms. The van der Waals surface area contributed by atoms with Crippen LogP contribution in [0.1, 0.15) is 10.7 Å². The van der Waals surface area contributed by atoms with Crippen molar-refractivity contribution >= 4 is 21.6 Å². The van der Waals surface area contributed by atoms with Crippen molar-refractivity contribution in [1.29, 1.82) is 0 Å². The molecule has 0 fully saturated rings. The maximum absolute atomic E-state index is 5.72. The van der Waals surface area contributed by atoms with Crippen molar-refractivity contribution in [2.75, 3.05) is 7.05 Å². The van der Waals surface area contributed by atoms with Crippen molar-refractivity contribution in [3.8, 4) is 5.75 Å². The Morgan fingerprint density at radius 3 is 2.85 bits per heavy atom. The summed E-state index contributed by atoms with van der Waals surface area (Å²) in [6.45, 7) is 1.24. The summed E-state index contributed by atoms with van der Waals surface area (Å²) in [5.41, 5.74) is 2.03. The lowest BCUT2D eigenvalue weighted by Crippen LogP contribution is -2.06. The van der Waals surface area contributed by atoms with Crippen molar-refractivity contribution in [2.24, 2.45) is 0 Å². The van der Waals surface area contributed by atoms with Crippen molar-refractivity contribution < 1.29 is 4.74 Å². The zero-order valence-corrected chi connectivity index (χ0v) is 12.0. The van der Waals surface area contributed by atoms with Crippen molar-refractivity contribution in [2.45, 2.75) is 13.2 Å². The highest BCUT2D eigenvalue weighted by molar-refractivity contribution is 7.18. The highest BCUT2D eigenvalue weighted by Gasteiger charge is 2.04. The third-order valence-corrected chi connectivity index (χ3v) is 3.87. The van der Waals surface area contributed by atoms with Gasteiger partial charge in [0.2, 0.25) is 0 Å². The summed E-state index contributed by atoms with van der Waals surface area (Å²) in [5, 5.41) is 4.04. The Hall–Kier alpha value is -1.98. The van der Waals surface area contributed by atoms with E-state index in [9.17, 15) is 0 Å². The third kappa shape index (κ3) is 2.95. The molecular formula is C15H15N3OS. The van der Waals surface area contributed by atoms with Gasteiger partial charge in [0.25, 0.3) is 0 Å².